The molecule has 6 heteroatoms. The molecule has 0 radical (unpaired) electrons. The summed E-state index contributed by atoms with van der Waals surface area (Å²) in [6, 6.07) is 15.4. The first-order valence-electron chi connectivity index (χ1n) is 7.05. The Bertz CT molecular complexity index is 672. The zero-order valence-electron chi connectivity index (χ0n) is 13.1. The Balaban J connectivity index is 1.78. The Morgan fingerprint density at radius 2 is 1.83 bits per heavy atom. The fraction of sp³-hybridized carbons (Fsp3) is 0.176. The van der Waals surface area contributed by atoms with Gasteiger partial charge in [-0.1, -0.05) is 24.3 Å². The molecule has 0 unspecified atom stereocenters. The number of benzene rings is 2. The van der Waals surface area contributed by atoms with E-state index in [1.54, 1.807) is 20.4 Å². The van der Waals surface area contributed by atoms with Gasteiger partial charge in [0.2, 0.25) is 0 Å². The zero-order chi connectivity index (χ0) is 16.5. The van der Waals surface area contributed by atoms with Crippen LogP contribution in [0.2, 0.25) is 0 Å². The van der Waals surface area contributed by atoms with Crippen LogP contribution in [0.25, 0.3) is 0 Å². The predicted octanol–water partition coefficient (Wildman–Crippen LogP) is 2.70. The molecule has 120 valence electrons. The number of hydrazone groups is 1. The smallest absolute Gasteiger partial charge is 0.187 e. The number of methoxy groups -OCH3 is 2. The zero-order valence-corrected chi connectivity index (χ0v) is 13.9. The van der Waals surface area contributed by atoms with Crippen LogP contribution in [-0.2, 0) is 6.54 Å². The Kier molecular flexibility index (Phi) is 6.38. The average Bonchev–Trinajstić information content (AvgIpc) is 2.60. The third-order valence-electron chi connectivity index (χ3n) is 3.09. The van der Waals surface area contributed by atoms with Crippen molar-refractivity contribution >= 4 is 23.5 Å². The van der Waals surface area contributed by atoms with Crippen LogP contribution >= 0.6 is 12.2 Å². The highest BCUT2D eigenvalue weighted by molar-refractivity contribution is 7.80. The molecule has 2 aromatic carbocycles. The lowest BCUT2D eigenvalue weighted by Crippen LogP contribution is -2.31. The second-order valence-electron chi connectivity index (χ2n) is 4.68. The summed E-state index contributed by atoms with van der Waals surface area (Å²) in [7, 11) is 3.28. The lowest BCUT2D eigenvalue weighted by atomic mass is 10.2. The van der Waals surface area contributed by atoms with Gasteiger partial charge in [0.05, 0.1) is 20.4 Å². The molecule has 0 amide bonds. The minimum atomic E-state index is 0.458. The lowest BCUT2D eigenvalue weighted by molar-refractivity contribution is 0.414. The summed E-state index contributed by atoms with van der Waals surface area (Å²) in [5.41, 5.74) is 4.81. The van der Waals surface area contributed by atoms with Crippen LogP contribution in [0.3, 0.4) is 0 Å². The first-order chi connectivity index (χ1) is 11.2. The molecule has 0 aliphatic carbocycles. The maximum absolute atomic E-state index is 5.18. The second kappa shape index (κ2) is 8.75. The molecule has 0 heterocycles. The number of nitrogens with zero attached hydrogens (tertiary/aromatic N) is 1. The van der Waals surface area contributed by atoms with Gasteiger partial charge in [-0.05, 0) is 47.6 Å². The summed E-state index contributed by atoms with van der Waals surface area (Å²) in [4.78, 5) is 0. The van der Waals surface area contributed by atoms with E-state index in [4.69, 9.17) is 21.7 Å². The molecule has 5 nitrogen and oxygen atoms in total. The Labute approximate surface area is 141 Å². The predicted molar refractivity (Wildman–Crippen MR) is 96.2 cm³/mol. The number of hydrogen-bond acceptors (Lipinski definition) is 4. The Morgan fingerprint density at radius 3 is 2.52 bits per heavy atom. The fourth-order valence-corrected chi connectivity index (χ4v) is 1.98. The van der Waals surface area contributed by atoms with Gasteiger partial charge in [0.25, 0.3) is 0 Å². The molecule has 0 aliphatic heterocycles. The summed E-state index contributed by atoms with van der Waals surface area (Å²) >= 11 is 5.18. The molecule has 0 spiro atoms. The lowest BCUT2D eigenvalue weighted by Gasteiger charge is -2.07. The van der Waals surface area contributed by atoms with E-state index in [1.165, 1.54) is 0 Å². The summed E-state index contributed by atoms with van der Waals surface area (Å²) in [6.07, 6.45) is 1.68. The summed E-state index contributed by atoms with van der Waals surface area (Å²) in [5.74, 6) is 1.62. The number of nitrogens with one attached hydrogen (secondary N) is 2. The normalized spacial score (nSPS) is 10.3. The molecule has 23 heavy (non-hydrogen) atoms. The van der Waals surface area contributed by atoms with Crippen LogP contribution in [0.15, 0.2) is 53.6 Å². The van der Waals surface area contributed by atoms with E-state index >= 15 is 0 Å². The second-order valence-corrected chi connectivity index (χ2v) is 5.09. The topological polar surface area (TPSA) is 54.9 Å². The molecule has 0 saturated heterocycles. The number of rotatable bonds is 6. The molecule has 0 saturated carbocycles. The highest BCUT2D eigenvalue weighted by atomic mass is 32.1. The van der Waals surface area contributed by atoms with Crippen LogP contribution < -0.4 is 20.2 Å². The van der Waals surface area contributed by atoms with Gasteiger partial charge >= 0.3 is 0 Å². The monoisotopic (exact) mass is 329 g/mol. The molecular formula is C17H19N3O2S. The molecule has 0 aliphatic rings. The van der Waals surface area contributed by atoms with Crippen LogP contribution in [-0.4, -0.2) is 25.5 Å². The van der Waals surface area contributed by atoms with Crippen molar-refractivity contribution in [3.8, 4) is 11.5 Å². The highest BCUT2D eigenvalue weighted by Gasteiger charge is 1.97. The van der Waals surface area contributed by atoms with Crippen molar-refractivity contribution in [1.29, 1.82) is 0 Å². The van der Waals surface area contributed by atoms with E-state index in [0.717, 1.165) is 22.6 Å². The van der Waals surface area contributed by atoms with Gasteiger partial charge in [-0.15, -0.1) is 0 Å². The van der Waals surface area contributed by atoms with E-state index in [9.17, 15) is 0 Å². The van der Waals surface area contributed by atoms with Gasteiger partial charge in [0, 0.05) is 6.54 Å². The standard InChI is InChI=1S/C17H19N3O2S/c1-21-15-8-6-13(7-9-15)11-18-17(23)20-19-12-14-4-3-5-16(10-14)22-2/h3-10,12H,11H2,1-2H3,(H2,18,20,23)/b19-12-. The minimum absolute atomic E-state index is 0.458. The van der Waals surface area contributed by atoms with E-state index in [-0.39, 0.29) is 0 Å². The van der Waals surface area contributed by atoms with Crippen molar-refractivity contribution < 1.29 is 9.47 Å². The molecule has 0 fully saturated rings. The summed E-state index contributed by atoms with van der Waals surface area (Å²) in [5, 5.41) is 7.65. The van der Waals surface area contributed by atoms with E-state index in [0.29, 0.717) is 11.7 Å². The van der Waals surface area contributed by atoms with Gasteiger partial charge in [-0.2, -0.15) is 5.10 Å². The molecule has 2 aromatic rings. The van der Waals surface area contributed by atoms with Crippen molar-refractivity contribution in [1.82, 2.24) is 10.7 Å². The molecule has 2 rings (SSSR count). The van der Waals surface area contributed by atoms with Gasteiger partial charge in [-0.3, -0.25) is 5.43 Å². The molecule has 0 aromatic heterocycles. The quantitative estimate of drug-likeness (QED) is 0.485. The number of ether oxygens (including phenoxy) is 2. The Morgan fingerprint density at radius 1 is 1.09 bits per heavy atom. The fourth-order valence-electron chi connectivity index (χ4n) is 1.85. The van der Waals surface area contributed by atoms with Crippen LogP contribution in [0, 0.1) is 0 Å². The largest absolute Gasteiger partial charge is 0.497 e. The summed E-state index contributed by atoms with van der Waals surface area (Å²) < 4.78 is 10.3. The van der Waals surface area contributed by atoms with E-state index < -0.39 is 0 Å². The van der Waals surface area contributed by atoms with Crippen molar-refractivity contribution in [3.05, 3.63) is 59.7 Å². The third-order valence-corrected chi connectivity index (χ3v) is 3.32. The number of hydrogen-bond donors (Lipinski definition) is 2. The Hall–Kier alpha value is -2.60. The molecule has 0 bridgehead atoms. The van der Waals surface area contributed by atoms with E-state index in [2.05, 4.69) is 15.8 Å². The van der Waals surface area contributed by atoms with Crippen LogP contribution in [0.1, 0.15) is 11.1 Å². The maximum Gasteiger partial charge on any atom is 0.187 e. The van der Waals surface area contributed by atoms with Gasteiger partial charge < -0.3 is 14.8 Å². The minimum Gasteiger partial charge on any atom is -0.497 e. The van der Waals surface area contributed by atoms with Gasteiger partial charge in [0.15, 0.2) is 5.11 Å². The third kappa shape index (κ3) is 5.60. The molecule has 2 N–H and O–H groups in total. The SMILES string of the molecule is COc1ccc(CNC(=S)N/N=C\c2cccc(OC)c2)cc1. The van der Waals surface area contributed by atoms with Gasteiger partial charge in [-0.25, -0.2) is 0 Å². The van der Waals surface area contributed by atoms with Crippen molar-refractivity contribution in [2.24, 2.45) is 5.10 Å². The highest BCUT2D eigenvalue weighted by Crippen LogP contribution is 2.11. The van der Waals surface area contributed by atoms with Crippen molar-refractivity contribution in [2.75, 3.05) is 14.2 Å². The molecular weight excluding hydrogens is 310 g/mol. The number of thiocarbonyl (C=S) groups is 1. The maximum atomic E-state index is 5.18. The van der Waals surface area contributed by atoms with Gasteiger partial charge in [0.1, 0.15) is 11.5 Å². The first-order valence-corrected chi connectivity index (χ1v) is 7.46. The van der Waals surface area contributed by atoms with Crippen molar-refractivity contribution in [2.45, 2.75) is 6.54 Å². The molecule has 0 atom stereocenters. The summed E-state index contributed by atoms with van der Waals surface area (Å²) in [6.45, 7) is 0.616. The first kappa shape index (κ1) is 16.8. The van der Waals surface area contributed by atoms with Crippen molar-refractivity contribution in [3.63, 3.8) is 0 Å². The van der Waals surface area contributed by atoms with E-state index in [1.807, 2.05) is 48.5 Å². The van der Waals surface area contributed by atoms with Crippen LogP contribution in [0.4, 0.5) is 0 Å². The average molecular weight is 329 g/mol. The van der Waals surface area contributed by atoms with Crippen LogP contribution in [0.5, 0.6) is 11.5 Å².